The summed E-state index contributed by atoms with van der Waals surface area (Å²) in [6, 6.07) is 48.0. The van der Waals surface area contributed by atoms with Crippen LogP contribution in [0.2, 0.25) is 19.6 Å². The van der Waals surface area contributed by atoms with Crippen molar-refractivity contribution in [2.45, 2.75) is 25.1 Å². The van der Waals surface area contributed by atoms with Crippen LogP contribution in [-0.4, -0.2) is 23.0 Å². The molecule has 0 spiro atoms. The molecule has 0 amide bonds. The van der Waals surface area contributed by atoms with Crippen LogP contribution in [0.3, 0.4) is 0 Å². The quantitative estimate of drug-likeness (QED) is 0.144. The van der Waals surface area contributed by atoms with Crippen LogP contribution in [0, 0.1) is 0 Å². The lowest BCUT2D eigenvalue weighted by atomic mass is 9.67. The van der Waals surface area contributed by atoms with Crippen molar-refractivity contribution in [3.8, 4) is 67.5 Å². The van der Waals surface area contributed by atoms with E-state index in [0.29, 0.717) is 16.7 Å². The Morgan fingerprint density at radius 3 is 1.32 bits per heavy atom. The first-order valence-electron chi connectivity index (χ1n) is 23.7. The van der Waals surface area contributed by atoms with Gasteiger partial charge in [-0.15, -0.1) is 0 Å². The summed E-state index contributed by atoms with van der Waals surface area (Å²) in [5.74, 6) is 0.438. The van der Waals surface area contributed by atoms with E-state index in [0.717, 1.165) is 33.4 Å². The van der Waals surface area contributed by atoms with Crippen molar-refractivity contribution < 1.29 is 11.0 Å². The standard InChI is InChI=1S/C55H43N3Si/c1-59(2,3)47-31-33-49-48-32-30-43(36-50(48)55(51(49)37-47,45-26-12-6-13-27-45)46-28-14-7-15-29-46)41-23-16-22-40(34-41)42-24-17-25-44(35-42)54-57-52(38-18-8-4-9-19-38)56-53(58-54)39-20-10-5-11-21-39/h4-37H,1-3H3/i16D,17D,22D,23D,24D,25D,34D,35D. The van der Waals surface area contributed by atoms with Gasteiger partial charge in [0.1, 0.15) is 0 Å². The molecule has 0 fully saturated rings. The summed E-state index contributed by atoms with van der Waals surface area (Å²) in [5.41, 5.74) is 6.47. The highest BCUT2D eigenvalue weighted by Gasteiger charge is 2.46. The first-order valence-corrected chi connectivity index (χ1v) is 23.2. The second-order valence-electron chi connectivity index (χ2n) is 15.8. The highest BCUT2D eigenvalue weighted by Crippen LogP contribution is 2.56. The highest BCUT2D eigenvalue weighted by atomic mass is 28.3. The van der Waals surface area contributed by atoms with Crippen LogP contribution < -0.4 is 5.19 Å². The largest absolute Gasteiger partial charge is 0.208 e. The van der Waals surface area contributed by atoms with E-state index in [1.165, 1.54) is 5.19 Å². The Morgan fingerprint density at radius 2 is 0.814 bits per heavy atom. The fourth-order valence-electron chi connectivity index (χ4n) is 8.22. The maximum absolute atomic E-state index is 9.90. The summed E-state index contributed by atoms with van der Waals surface area (Å²) in [7, 11) is -1.81. The molecule has 0 aliphatic heterocycles. The monoisotopic (exact) mass is 781 g/mol. The van der Waals surface area contributed by atoms with E-state index in [4.69, 9.17) is 17.7 Å². The average Bonchev–Trinajstić information content (AvgIpc) is 3.64. The third-order valence-corrected chi connectivity index (χ3v) is 13.2. The van der Waals surface area contributed by atoms with Gasteiger partial charge in [-0.25, -0.2) is 15.0 Å². The Balaban J connectivity index is 1.23. The molecule has 3 nitrogen and oxygen atoms in total. The topological polar surface area (TPSA) is 38.7 Å². The summed E-state index contributed by atoms with van der Waals surface area (Å²) in [4.78, 5) is 14.2. The van der Waals surface area contributed by atoms with E-state index in [9.17, 15) is 8.22 Å². The molecule has 282 valence electrons. The molecule has 0 saturated carbocycles. The van der Waals surface area contributed by atoms with E-state index >= 15 is 0 Å². The van der Waals surface area contributed by atoms with Gasteiger partial charge in [0.2, 0.25) is 0 Å². The fraction of sp³-hybridized carbons (Fsp3) is 0.0727. The SMILES string of the molecule is [2H]c1c([2H])c(-c2ccc3c(c2)C(c2ccccc2)(c2ccccc2)c2cc([Si](C)(C)C)ccc2-3)c([2H])c(-c2c([2H])c([2H])c([2H])c(-c3nc(-c4ccccc4)nc(-c4ccccc4)n3)c2[2H])c1[2H]. The molecule has 1 aromatic heterocycles. The summed E-state index contributed by atoms with van der Waals surface area (Å²) in [5, 5.41) is 1.31. The van der Waals surface area contributed by atoms with E-state index in [2.05, 4.69) is 62.1 Å². The lowest BCUT2D eigenvalue weighted by molar-refractivity contribution is 0.769. The number of rotatable bonds is 8. The van der Waals surface area contributed by atoms with E-state index in [1.807, 2.05) is 115 Å². The summed E-state index contributed by atoms with van der Waals surface area (Å²) in [6.45, 7) is 7.01. The highest BCUT2D eigenvalue weighted by molar-refractivity contribution is 6.88. The fourth-order valence-corrected chi connectivity index (χ4v) is 9.39. The van der Waals surface area contributed by atoms with Crippen molar-refractivity contribution >= 4 is 13.3 Å². The Bertz CT molecular complexity index is 3320. The molecule has 0 radical (unpaired) electrons. The first kappa shape index (κ1) is 28.4. The summed E-state index contributed by atoms with van der Waals surface area (Å²) in [6.07, 6.45) is 0. The zero-order chi connectivity index (χ0) is 46.9. The molecule has 8 aromatic carbocycles. The van der Waals surface area contributed by atoms with Gasteiger partial charge in [0.25, 0.3) is 0 Å². The Hall–Kier alpha value is -7.01. The van der Waals surface area contributed by atoms with Crippen LogP contribution in [0.5, 0.6) is 0 Å². The third-order valence-electron chi connectivity index (χ3n) is 11.1. The van der Waals surface area contributed by atoms with Crippen LogP contribution in [-0.2, 0) is 5.41 Å². The zero-order valence-corrected chi connectivity index (χ0v) is 33.9. The zero-order valence-electron chi connectivity index (χ0n) is 40.9. The van der Waals surface area contributed by atoms with Gasteiger partial charge in [-0.05, 0) is 73.8 Å². The van der Waals surface area contributed by atoms with Crippen molar-refractivity contribution in [3.05, 3.63) is 228 Å². The van der Waals surface area contributed by atoms with Crippen molar-refractivity contribution in [2.24, 2.45) is 0 Å². The average molecular weight is 782 g/mol. The smallest absolute Gasteiger partial charge is 0.164 e. The van der Waals surface area contributed by atoms with Gasteiger partial charge in [-0.2, -0.15) is 0 Å². The first-order chi connectivity index (χ1) is 32.2. The molecular weight excluding hydrogens is 731 g/mol. The van der Waals surface area contributed by atoms with Crippen LogP contribution in [0.15, 0.2) is 206 Å². The van der Waals surface area contributed by atoms with Crippen LogP contribution in [0.25, 0.3) is 67.5 Å². The number of fused-ring (bicyclic) bond motifs is 3. The predicted octanol–water partition coefficient (Wildman–Crippen LogP) is 13.1. The summed E-state index contributed by atoms with van der Waals surface area (Å²) >= 11 is 0. The number of benzene rings is 8. The number of hydrogen-bond donors (Lipinski definition) is 0. The molecule has 0 unspecified atom stereocenters. The molecule has 0 bridgehead atoms. The van der Waals surface area contributed by atoms with Gasteiger partial charge >= 0.3 is 0 Å². The molecular formula is C55H43N3Si. The minimum Gasteiger partial charge on any atom is -0.208 e. The molecule has 4 heteroatoms. The van der Waals surface area contributed by atoms with Crippen molar-refractivity contribution in [1.82, 2.24) is 15.0 Å². The van der Waals surface area contributed by atoms with Gasteiger partial charge < -0.3 is 0 Å². The van der Waals surface area contributed by atoms with Crippen molar-refractivity contribution in [3.63, 3.8) is 0 Å². The molecule has 0 saturated heterocycles. The predicted molar refractivity (Wildman–Crippen MR) is 247 cm³/mol. The van der Waals surface area contributed by atoms with E-state index in [1.54, 1.807) is 0 Å². The van der Waals surface area contributed by atoms with Crippen LogP contribution >= 0.6 is 0 Å². The normalized spacial score (nSPS) is 14.7. The van der Waals surface area contributed by atoms with Crippen molar-refractivity contribution in [2.75, 3.05) is 0 Å². The second-order valence-corrected chi connectivity index (χ2v) is 20.9. The molecule has 1 aliphatic carbocycles. The minimum atomic E-state index is -1.81. The van der Waals surface area contributed by atoms with Gasteiger partial charge in [0.05, 0.1) is 24.5 Å². The Kier molecular flexibility index (Phi) is 7.09. The molecule has 10 rings (SSSR count). The van der Waals surface area contributed by atoms with Crippen molar-refractivity contribution in [1.29, 1.82) is 0 Å². The second kappa shape index (κ2) is 14.7. The Morgan fingerprint density at radius 1 is 0.407 bits per heavy atom. The molecule has 9 aromatic rings. The Labute approximate surface area is 359 Å². The number of aromatic nitrogens is 3. The van der Waals surface area contributed by atoms with Crippen LogP contribution in [0.4, 0.5) is 0 Å². The lowest BCUT2D eigenvalue weighted by Crippen LogP contribution is -2.39. The lowest BCUT2D eigenvalue weighted by Gasteiger charge is -2.35. The van der Waals surface area contributed by atoms with E-state index in [-0.39, 0.29) is 51.8 Å². The van der Waals surface area contributed by atoms with Gasteiger partial charge in [0.15, 0.2) is 17.5 Å². The van der Waals surface area contributed by atoms with Gasteiger partial charge in [-0.3, -0.25) is 0 Å². The molecule has 1 aliphatic rings. The maximum Gasteiger partial charge on any atom is 0.164 e. The van der Waals surface area contributed by atoms with Crippen LogP contribution in [0.1, 0.15) is 33.2 Å². The minimum absolute atomic E-state index is 0.0484. The van der Waals surface area contributed by atoms with E-state index < -0.39 is 49.7 Å². The number of nitrogens with zero attached hydrogens (tertiary/aromatic N) is 3. The third kappa shape index (κ3) is 6.52. The van der Waals surface area contributed by atoms with Gasteiger partial charge in [-0.1, -0.05) is 213 Å². The summed E-state index contributed by atoms with van der Waals surface area (Å²) < 4.78 is 75.0. The molecule has 0 N–H and O–H groups in total. The van der Waals surface area contributed by atoms with Gasteiger partial charge in [0, 0.05) is 16.7 Å². The number of hydrogen-bond acceptors (Lipinski definition) is 3. The molecule has 59 heavy (non-hydrogen) atoms. The molecule has 0 atom stereocenters. The maximum atomic E-state index is 9.90. The molecule has 1 heterocycles.